The lowest BCUT2D eigenvalue weighted by molar-refractivity contribution is 0.348. The van der Waals surface area contributed by atoms with Crippen molar-refractivity contribution in [3.05, 3.63) is 17.1 Å². The van der Waals surface area contributed by atoms with Crippen LogP contribution >= 0.6 is 0 Å². The van der Waals surface area contributed by atoms with Gasteiger partial charge in [-0.3, -0.25) is 0 Å². The molecule has 8 heteroatoms. The van der Waals surface area contributed by atoms with Crippen LogP contribution in [0.2, 0.25) is 0 Å². The standard InChI is InChI=1S/C21H35N5O2S/c1-16-18-11-7-13-25(15-17-9-5-4-6-10-17)21(18)23-20(22-16)19-12-8-14-26(19)29(27,28)24(2)3/h17,19H,4-15H2,1-3H3/t19-/m1/s1. The van der Waals surface area contributed by atoms with Crippen LogP contribution in [0.3, 0.4) is 0 Å². The van der Waals surface area contributed by atoms with Gasteiger partial charge < -0.3 is 4.90 Å². The number of aromatic nitrogens is 2. The highest BCUT2D eigenvalue weighted by atomic mass is 32.2. The van der Waals surface area contributed by atoms with Crippen LogP contribution < -0.4 is 4.90 Å². The van der Waals surface area contributed by atoms with Gasteiger partial charge in [0.25, 0.3) is 10.2 Å². The zero-order valence-corrected chi connectivity index (χ0v) is 18.9. The fourth-order valence-corrected chi connectivity index (χ4v) is 6.50. The number of rotatable bonds is 5. The number of hydrogen-bond acceptors (Lipinski definition) is 5. The zero-order chi connectivity index (χ0) is 20.6. The summed E-state index contributed by atoms with van der Waals surface area (Å²) in [4.78, 5) is 12.3. The summed E-state index contributed by atoms with van der Waals surface area (Å²) in [5, 5.41) is 0. The number of hydrogen-bond donors (Lipinski definition) is 0. The van der Waals surface area contributed by atoms with Gasteiger partial charge in [0.05, 0.1) is 6.04 Å². The monoisotopic (exact) mass is 421 g/mol. The summed E-state index contributed by atoms with van der Waals surface area (Å²) < 4.78 is 28.5. The van der Waals surface area contributed by atoms with Crippen LogP contribution in [0.4, 0.5) is 5.82 Å². The predicted octanol–water partition coefficient (Wildman–Crippen LogP) is 3.06. The molecular formula is C21H35N5O2S. The van der Waals surface area contributed by atoms with Gasteiger partial charge in [0, 0.05) is 45.0 Å². The highest BCUT2D eigenvalue weighted by Crippen LogP contribution is 2.37. The molecule has 29 heavy (non-hydrogen) atoms. The molecule has 4 rings (SSSR count). The smallest absolute Gasteiger partial charge is 0.282 e. The minimum Gasteiger partial charge on any atom is -0.356 e. The van der Waals surface area contributed by atoms with Gasteiger partial charge in [-0.2, -0.15) is 17.0 Å². The van der Waals surface area contributed by atoms with Crippen LogP contribution in [-0.2, 0) is 16.6 Å². The SMILES string of the molecule is Cc1nc([C@H]2CCCN2S(=O)(=O)N(C)C)nc2c1CCCN2CC1CCCCC1. The van der Waals surface area contributed by atoms with Gasteiger partial charge >= 0.3 is 0 Å². The van der Waals surface area contributed by atoms with Crippen molar-refractivity contribution in [2.75, 3.05) is 38.6 Å². The maximum absolute atomic E-state index is 12.8. The van der Waals surface area contributed by atoms with Gasteiger partial charge in [-0.05, 0) is 51.4 Å². The molecule has 0 N–H and O–H groups in total. The van der Waals surface area contributed by atoms with Crippen LogP contribution in [0.15, 0.2) is 0 Å². The van der Waals surface area contributed by atoms with E-state index in [0.717, 1.165) is 56.2 Å². The van der Waals surface area contributed by atoms with Crippen LogP contribution in [0.25, 0.3) is 0 Å². The molecule has 162 valence electrons. The van der Waals surface area contributed by atoms with Crippen LogP contribution in [0, 0.1) is 12.8 Å². The van der Waals surface area contributed by atoms with Crippen LogP contribution in [0.5, 0.6) is 0 Å². The third-order valence-electron chi connectivity index (χ3n) is 6.83. The lowest BCUT2D eigenvalue weighted by Gasteiger charge is -2.35. The molecule has 3 heterocycles. The molecular weight excluding hydrogens is 386 g/mol. The number of aryl methyl sites for hydroxylation is 1. The van der Waals surface area contributed by atoms with E-state index in [2.05, 4.69) is 11.8 Å². The van der Waals surface area contributed by atoms with Crippen LogP contribution in [0.1, 0.15) is 74.5 Å². The van der Waals surface area contributed by atoms with Crippen molar-refractivity contribution in [3.8, 4) is 0 Å². The minimum atomic E-state index is -3.47. The first-order valence-electron chi connectivity index (χ1n) is 11.2. The maximum Gasteiger partial charge on any atom is 0.282 e. The average molecular weight is 422 g/mol. The first-order valence-corrected chi connectivity index (χ1v) is 12.6. The van der Waals surface area contributed by atoms with Crippen LogP contribution in [-0.4, -0.2) is 60.7 Å². The number of nitrogens with zero attached hydrogens (tertiary/aromatic N) is 5. The van der Waals surface area contributed by atoms with E-state index in [9.17, 15) is 8.42 Å². The molecule has 1 aliphatic carbocycles. The summed E-state index contributed by atoms with van der Waals surface area (Å²) in [5.41, 5.74) is 2.28. The lowest BCUT2D eigenvalue weighted by Crippen LogP contribution is -2.40. The average Bonchev–Trinajstić information content (AvgIpc) is 3.20. The summed E-state index contributed by atoms with van der Waals surface area (Å²) in [6.07, 6.45) is 10.5. The second-order valence-corrected chi connectivity index (χ2v) is 11.2. The molecule has 0 amide bonds. The largest absolute Gasteiger partial charge is 0.356 e. The number of fused-ring (bicyclic) bond motifs is 1. The van der Waals surface area contributed by atoms with Gasteiger partial charge in [-0.25, -0.2) is 9.97 Å². The molecule has 0 spiro atoms. The Balaban J connectivity index is 1.64. The normalized spacial score (nSPS) is 24.3. The fourth-order valence-electron chi connectivity index (χ4n) is 5.20. The molecule has 0 unspecified atom stereocenters. The Morgan fingerprint density at radius 2 is 1.76 bits per heavy atom. The molecule has 0 radical (unpaired) electrons. The van der Waals surface area contributed by atoms with E-state index in [1.54, 1.807) is 18.4 Å². The first kappa shape index (κ1) is 21.0. The Morgan fingerprint density at radius 3 is 2.48 bits per heavy atom. The molecule has 1 atom stereocenters. The second-order valence-electron chi connectivity index (χ2n) is 9.08. The summed E-state index contributed by atoms with van der Waals surface area (Å²) in [7, 11) is -0.286. The van der Waals surface area contributed by atoms with E-state index < -0.39 is 10.2 Å². The van der Waals surface area contributed by atoms with Gasteiger partial charge in [0.2, 0.25) is 0 Å². The Morgan fingerprint density at radius 1 is 1.00 bits per heavy atom. The molecule has 3 aliphatic rings. The minimum absolute atomic E-state index is 0.259. The molecule has 7 nitrogen and oxygen atoms in total. The molecule has 0 bridgehead atoms. The van der Waals surface area contributed by atoms with Gasteiger partial charge in [-0.15, -0.1) is 0 Å². The first-order chi connectivity index (χ1) is 13.9. The highest BCUT2D eigenvalue weighted by molar-refractivity contribution is 7.86. The highest BCUT2D eigenvalue weighted by Gasteiger charge is 2.39. The van der Waals surface area contributed by atoms with E-state index in [-0.39, 0.29) is 6.04 Å². The molecule has 1 aromatic rings. The topological polar surface area (TPSA) is 69.6 Å². The predicted molar refractivity (Wildman–Crippen MR) is 115 cm³/mol. The Labute approximate surface area is 175 Å². The van der Waals surface area contributed by atoms with Crippen molar-refractivity contribution in [1.29, 1.82) is 0 Å². The molecule has 0 aromatic carbocycles. The zero-order valence-electron chi connectivity index (χ0n) is 18.1. The Bertz CT molecular complexity index is 836. The van der Waals surface area contributed by atoms with E-state index in [1.807, 2.05) is 0 Å². The third-order valence-corrected chi connectivity index (χ3v) is 8.78. The summed E-state index contributed by atoms with van der Waals surface area (Å²) >= 11 is 0. The molecule has 2 aliphatic heterocycles. The van der Waals surface area contributed by atoms with Crippen molar-refractivity contribution < 1.29 is 8.42 Å². The van der Waals surface area contributed by atoms with Gasteiger partial charge in [0.15, 0.2) is 0 Å². The van der Waals surface area contributed by atoms with Crippen molar-refractivity contribution in [2.45, 2.75) is 70.8 Å². The summed E-state index contributed by atoms with van der Waals surface area (Å²) in [5.74, 6) is 2.50. The summed E-state index contributed by atoms with van der Waals surface area (Å²) in [6, 6.07) is -0.259. The fraction of sp³-hybridized carbons (Fsp3) is 0.810. The molecule has 1 saturated carbocycles. The van der Waals surface area contributed by atoms with E-state index in [1.165, 1.54) is 42.0 Å². The van der Waals surface area contributed by atoms with Gasteiger partial charge in [0.1, 0.15) is 11.6 Å². The van der Waals surface area contributed by atoms with E-state index in [0.29, 0.717) is 12.4 Å². The van der Waals surface area contributed by atoms with Crippen molar-refractivity contribution in [1.82, 2.24) is 18.6 Å². The Hall–Kier alpha value is -1.25. The van der Waals surface area contributed by atoms with Crippen molar-refractivity contribution in [3.63, 3.8) is 0 Å². The molecule has 2 fully saturated rings. The van der Waals surface area contributed by atoms with Gasteiger partial charge in [-0.1, -0.05) is 19.3 Å². The number of anilines is 1. The summed E-state index contributed by atoms with van der Waals surface area (Å²) in [6.45, 7) is 4.72. The lowest BCUT2D eigenvalue weighted by atomic mass is 9.88. The van der Waals surface area contributed by atoms with E-state index >= 15 is 0 Å². The van der Waals surface area contributed by atoms with Crippen molar-refractivity contribution >= 4 is 16.0 Å². The Kier molecular flexibility index (Phi) is 6.14. The quantitative estimate of drug-likeness (QED) is 0.731. The third kappa shape index (κ3) is 4.16. The maximum atomic E-state index is 12.8. The van der Waals surface area contributed by atoms with E-state index in [4.69, 9.17) is 9.97 Å². The second kappa shape index (κ2) is 8.47. The van der Waals surface area contributed by atoms with Crippen molar-refractivity contribution in [2.24, 2.45) is 5.92 Å². The molecule has 1 aromatic heterocycles. The molecule has 1 saturated heterocycles.